The summed E-state index contributed by atoms with van der Waals surface area (Å²) in [6, 6.07) is 5.53. The molecule has 6 nitrogen and oxygen atoms in total. The van der Waals surface area contributed by atoms with E-state index in [0.29, 0.717) is 11.1 Å². The van der Waals surface area contributed by atoms with Gasteiger partial charge in [0, 0.05) is 44.1 Å². The average Bonchev–Trinajstić information content (AvgIpc) is 2.59. The second kappa shape index (κ2) is 7.91. The lowest BCUT2D eigenvalue weighted by Gasteiger charge is -2.40. The monoisotopic (exact) mass is 360 g/mol. The maximum absolute atomic E-state index is 5.96. The van der Waals surface area contributed by atoms with Crippen LogP contribution in [-0.4, -0.2) is 54.1 Å². The van der Waals surface area contributed by atoms with Crippen LogP contribution in [0, 0.1) is 5.92 Å². The molecule has 132 valence electrons. The van der Waals surface area contributed by atoms with E-state index in [-0.39, 0.29) is 6.23 Å². The van der Waals surface area contributed by atoms with Crippen LogP contribution in [0.5, 0.6) is 0 Å². The summed E-state index contributed by atoms with van der Waals surface area (Å²) in [5.41, 5.74) is 9.12. The predicted molar refractivity (Wildman–Crippen MR) is 100 cm³/mol. The number of nitrogens with two attached hydrogens (primary N) is 1. The molecule has 1 saturated heterocycles. The van der Waals surface area contributed by atoms with Crippen molar-refractivity contribution in [3.63, 3.8) is 0 Å². The normalized spacial score (nSPS) is 18.0. The first-order valence-corrected chi connectivity index (χ1v) is 8.66. The van der Waals surface area contributed by atoms with Gasteiger partial charge in [-0.2, -0.15) is 0 Å². The van der Waals surface area contributed by atoms with E-state index >= 15 is 0 Å². The Kier molecular flexibility index (Phi) is 5.63. The van der Waals surface area contributed by atoms with Gasteiger partial charge in [0.2, 0.25) is 0 Å². The molecule has 0 bridgehead atoms. The third-order valence-electron chi connectivity index (χ3n) is 4.52. The van der Waals surface area contributed by atoms with Gasteiger partial charge in [0.15, 0.2) is 6.21 Å². The molecule has 0 spiro atoms. The molecule has 7 heteroatoms. The van der Waals surface area contributed by atoms with Crippen molar-refractivity contribution in [2.24, 2.45) is 11.7 Å². The lowest BCUT2D eigenvalue weighted by atomic mass is 10.0. The highest BCUT2D eigenvalue weighted by Gasteiger charge is 2.31. The molecule has 3 heterocycles. The Hall–Kier alpha value is -2.02. The van der Waals surface area contributed by atoms with Crippen LogP contribution < -0.4 is 10.7 Å². The third-order valence-corrected chi connectivity index (χ3v) is 4.73. The summed E-state index contributed by atoms with van der Waals surface area (Å²) in [6.45, 7) is 5.04. The van der Waals surface area contributed by atoms with E-state index in [1.165, 1.54) is 0 Å². The number of methoxy groups -OCH3 is 1. The Labute approximate surface area is 152 Å². The second-order valence-electron chi connectivity index (χ2n) is 6.23. The van der Waals surface area contributed by atoms with E-state index < -0.39 is 0 Å². The highest BCUT2D eigenvalue weighted by atomic mass is 35.5. The molecule has 0 aliphatic carbocycles. The molecule has 2 aromatic rings. The molecule has 1 fully saturated rings. The maximum Gasteiger partial charge on any atom is 0.171 e. The Bertz CT molecular complexity index is 801. The zero-order valence-electron chi connectivity index (χ0n) is 14.4. The molecular formula is C18H23ClN5O+. The number of allylic oxidation sites excluding steroid dienone is 1. The van der Waals surface area contributed by atoms with Crippen LogP contribution in [0.2, 0.25) is 5.15 Å². The van der Waals surface area contributed by atoms with Crippen LogP contribution in [0.3, 0.4) is 0 Å². The number of hydrogen-bond donors (Lipinski definition) is 2. The lowest BCUT2D eigenvalue weighted by molar-refractivity contribution is -0.465. The summed E-state index contributed by atoms with van der Waals surface area (Å²) in [7, 11) is 1.74. The Morgan fingerprint density at radius 3 is 3.00 bits per heavy atom. The predicted octanol–water partition coefficient (Wildman–Crippen LogP) is 0.658. The highest BCUT2D eigenvalue weighted by Crippen LogP contribution is 2.18. The summed E-state index contributed by atoms with van der Waals surface area (Å²) in [5, 5.41) is 0.451. The van der Waals surface area contributed by atoms with Crippen molar-refractivity contribution in [3.05, 3.63) is 41.3 Å². The fourth-order valence-corrected chi connectivity index (χ4v) is 3.04. The summed E-state index contributed by atoms with van der Waals surface area (Å²) >= 11 is 5.96. The van der Waals surface area contributed by atoms with E-state index in [1.807, 2.05) is 18.3 Å². The van der Waals surface area contributed by atoms with E-state index in [0.717, 1.165) is 41.8 Å². The molecule has 3 N–H and O–H groups in total. The molecular weight excluding hydrogens is 338 g/mol. The molecule has 25 heavy (non-hydrogen) atoms. The average molecular weight is 361 g/mol. The summed E-state index contributed by atoms with van der Waals surface area (Å²) in [4.78, 5) is 14.4. The van der Waals surface area contributed by atoms with Gasteiger partial charge in [-0.1, -0.05) is 11.6 Å². The van der Waals surface area contributed by atoms with E-state index in [9.17, 15) is 0 Å². The minimum absolute atomic E-state index is 0.183. The third kappa shape index (κ3) is 4.15. The van der Waals surface area contributed by atoms with Crippen molar-refractivity contribution >= 4 is 34.4 Å². The standard InChI is InChI=1S/C18H22ClN5O/c1-12(25-2)24-10-13(11-24)7-21-8-15(6-20)14-5-17-16(22-9-14)3-4-18(19)23-17/h3-6,8-9,12-13H,7,10-11,20H2,1-2H3/p+1. The van der Waals surface area contributed by atoms with Crippen molar-refractivity contribution < 1.29 is 9.73 Å². The fraction of sp³-hybridized carbons (Fsp3) is 0.389. The number of halogens is 1. The van der Waals surface area contributed by atoms with Gasteiger partial charge in [-0.25, -0.2) is 9.98 Å². The first kappa shape index (κ1) is 17.8. The van der Waals surface area contributed by atoms with Crippen LogP contribution in [-0.2, 0) is 4.74 Å². The van der Waals surface area contributed by atoms with Crippen molar-refractivity contribution in [2.45, 2.75) is 13.2 Å². The van der Waals surface area contributed by atoms with E-state index in [1.54, 1.807) is 25.6 Å². The number of nitrogens with one attached hydrogen (secondary N) is 1. The van der Waals surface area contributed by atoms with Crippen molar-refractivity contribution in [1.29, 1.82) is 0 Å². The van der Waals surface area contributed by atoms with Crippen molar-refractivity contribution in [3.8, 4) is 0 Å². The van der Waals surface area contributed by atoms with Crippen LogP contribution in [0.4, 0.5) is 0 Å². The topological polar surface area (TPSA) is 78.2 Å². The van der Waals surface area contributed by atoms with Crippen molar-refractivity contribution in [2.75, 3.05) is 26.7 Å². The van der Waals surface area contributed by atoms with Crippen LogP contribution in [0.25, 0.3) is 16.6 Å². The van der Waals surface area contributed by atoms with Gasteiger partial charge in [0.25, 0.3) is 0 Å². The molecule has 1 unspecified atom stereocenters. The molecule has 3 rings (SSSR count). The molecule has 0 amide bonds. The quantitative estimate of drug-likeness (QED) is 0.584. The van der Waals surface area contributed by atoms with Gasteiger partial charge in [-0.3, -0.25) is 9.88 Å². The number of aromatic nitrogens is 2. The summed E-state index contributed by atoms with van der Waals surface area (Å²) < 4.78 is 5.31. The van der Waals surface area contributed by atoms with Gasteiger partial charge in [-0.15, -0.1) is 0 Å². The zero-order valence-corrected chi connectivity index (χ0v) is 15.2. The minimum Gasteiger partial charge on any atom is -0.404 e. The smallest absolute Gasteiger partial charge is 0.171 e. The SMILES string of the molecule is COC(C)N1CC(C[NH+]=CC(=CN)c2cnc3ccc(Cl)nc3c2)C1. The number of ether oxygens (including phenoxy) is 1. The second-order valence-corrected chi connectivity index (χ2v) is 6.61. The number of hydrogen-bond acceptors (Lipinski definition) is 5. The van der Waals surface area contributed by atoms with E-state index in [2.05, 4.69) is 26.8 Å². The van der Waals surface area contributed by atoms with E-state index in [4.69, 9.17) is 22.1 Å². The van der Waals surface area contributed by atoms with Gasteiger partial charge >= 0.3 is 0 Å². The Morgan fingerprint density at radius 1 is 1.48 bits per heavy atom. The van der Waals surface area contributed by atoms with Crippen LogP contribution in [0.15, 0.2) is 30.6 Å². The van der Waals surface area contributed by atoms with Crippen LogP contribution in [0.1, 0.15) is 12.5 Å². The lowest BCUT2D eigenvalue weighted by Crippen LogP contribution is -2.74. The number of fused-ring (bicyclic) bond motifs is 1. The Morgan fingerprint density at radius 2 is 2.28 bits per heavy atom. The fourth-order valence-electron chi connectivity index (χ4n) is 2.89. The molecule has 1 aliphatic heterocycles. The number of nitrogens with zero attached hydrogens (tertiary/aromatic N) is 3. The van der Waals surface area contributed by atoms with Gasteiger partial charge < -0.3 is 10.5 Å². The molecule has 0 saturated carbocycles. The largest absolute Gasteiger partial charge is 0.404 e. The first-order chi connectivity index (χ1) is 12.1. The van der Waals surface area contributed by atoms with Crippen molar-refractivity contribution in [1.82, 2.24) is 14.9 Å². The highest BCUT2D eigenvalue weighted by molar-refractivity contribution is 6.29. The van der Waals surface area contributed by atoms with Gasteiger partial charge in [0.1, 0.15) is 17.9 Å². The number of rotatable bonds is 6. The number of pyridine rings is 2. The minimum atomic E-state index is 0.183. The van der Waals surface area contributed by atoms with Crippen LogP contribution >= 0.6 is 11.6 Å². The Balaban J connectivity index is 1.63. The zero-order chi connectivity index (χ0) is 17.8. The molecule has 1 atom stereocenters. The number of likely N-dealkylation sites (tertiary alicyclic amines) is 1. The molecule has 1 aliphatic rings. The summed E-state index contributed by atoms with van der Waals surface area (Å²) in [5.74, 6) is 0.614. The molecule has 0 radical (unpaired) electrons. The van der Waals surface area contributed by atoms with Gasteiger partial charge in [0.05, 0.1) is 16.6 Å². The molecule has 0 aromatic carbocycles. The maximum atomic E-state index is 5.96. The first-order valence-electron chi connectivity index (χ1n) is 8.28. The molecule has 2 aromatic heterocycles. The summed E-state index contributed by atoms with van der Waals surface area (Å²) in [6.07, 6.45) is 5.47. The van der Waals surface area contributed by atoms with Gasteiger partial charge in [-0.05, 0) is 25.1 Å².